The van der Waals surface area contributed by atoms with Crippen molar-refractivity contribution in [1.82, 2.24) is 29.5 Å². The highest BCUT2D eigenvalue weighted by Gasteiger charge is 2.25. The van der Waals surface area contributed by atoms with E-state index in [-0.39, 0.29) is 5.91 Å². The summed E-state index contributed by atoms with van der Waals surface area (Å²) >= 11 is 0. The molecule has 4 rings (SSSR count). The fourth-order valence-corrected chi connectivity index (χ4v) is 3.30. The molecule has 1 saturated heterocycles. The monoisotopic (exact) mass is 367 g/mol. The second kappa shape index (κ2) is 7.18. The van der Waals surface area contributed by atoms with Gasteiger partial charge in [0, 0.05) is 51.0 Å². The Bertz CT molecular complexity index is 971. The predicted octanol–water partition coefficient (Wildman–Crippen LogP) is 1.19. The van der Waals surface area contributed by atoms with Gasteiger partial charge < -0.3 is 14.5 Å². The average Bonchev–Trinajstić information content (AvgIpc) is 2.95. The third-order valence-electron chi connectivity index (χ3n) is 4.64. The van der Waals surface area contributed by atoms with E-state index >= 15 is 0 Å². The van der Waals surface area contributed by atoms with Crippen molar-refractivity contribution in [2.24, 2.45) is 0 Å². The lowest BCUT2D eigenvalue weighted by atomic mass is 10.2. The molecule has 1 aliphatic rings. The lowest BCUT2D eigenvalue weighted by Gasteiger charge is -2.23. The zero-order chi connectivity index (χ0) is 18.8. The molecule has 1 fully saturated rings. The number of aromatic nitrogens is 5. The van der Waals surface area contributed by atoms with Crippen molar-refractivity contribution in [2.75, 3.05) is 38.2 Å². The van der Waals surface area contributed by atoms with E-state index in [1.807, 2.05) is 18.0 Å². The van der Waals surface area contributed by atoms with Crippen molar-refractivity contribution >= 4 is 17.4 Å². The number of nitrogens with zero attached hydrogens (tertiary/aromatic N) is 7. The fraction of sp³-hybridized carbons (Fsp3) is 0.389. The number of aryl methyl sites for hydroxylation is 1. The number of rotatable bonds is 3. The number of fused-ring (bicyclic) bond motifs is 1. The Morgan fingerprint density at radius 1 is 1.07 bits per heavy atom. The van der Waals surface area contributed by atoms with E-state index in [4.69, 9.17) is 4.74 Å². The van der Waals surface area contributed by atoms with Gasteiger partial charge in [0.1, 0.15) is 5.56 Å². The maximum atomic E-state index is 13.0. The van der Waals surface area contributed by atoms with Crippen molar-refractivity contribution < 1.29 is 9.53 Å². The zero-order valence-corrected chi connectivity index (χ0v) is 15.4. The number of carbonyl (C=O) groups is 1. The molecular formula is C18H21N7O2. The van der Waals surface area contributed by atoms with Crippen LogP contribution in [0.5, 0.6) is 5.88 Å². The smallest absolute Gasteiger partial charge is 0.259 e. The van der Waals surface area contributed by atoms with Crippen LogP contribution in [0.25, 0.3) is 5.65 Å². The van der Waals surface area contributed by atoms with Crippen molar-refractivity contribution in [3.63, 3.8) is 0 Å². The minimum atomic E-state index is -0.0469. The minimum absolute atomic E-state index is 0.0469. The first-order chi connectivity index (χ1) is 13.2. The Morgan fingerprint density at radius 2 is 1.93 bits per heavy atom. The van der Waals surface area contributed by atoms with Gasteiger partial charge in [0.15, 0.2) is 11.5 Å². The van der Waals surface area contributed by atoms with Crippen LogP contribution in [0.15, 0.2) is 31.0 Å². The van der Waals surface area contributed by atoms with E-state index in [2.05, 4.69) is 25.0 Å². The van der Waals surface area contributed by atoms with Crippen LogP contribution < -0.4 is 9.64 Å². The summed E-state index contributed by atoms with van der Waals surface area (Å²) in [6.45, 7) is 4.64. The van der Waals surface area contributed by atoms with E-state index in [0.29, 0.717) is 42.5 Å². The molecule has 4 heterocycles. The van der Waals surface area contributed by atoms with Gasteiger partial charge in [0.25, 0.3) is 11.8 Å². The first kappa shape index (κ1) is 17.2. The van der Waals surface area contributed by atoms with Crippen LogP contribution in [0.3, 0.4) is 0 Å². The second-order valence-electron chi connectivity index (χ2n) is 6.48. The summed E-state index contributed by atoms with van der Waals surface area (Å²) < 4.78 is 6.97. The van der Waals surface area contributed by atoms with Crippen LogP contribution >= 0.6 is 0 Å². The van der Waals surface area contributed by atoms with Crippen LogP contribution in [-0.4, -0.2) is 68.7 Å². The molecule has 0 N–H and O–H groups in total. The average molecular weight is 367 g/mol. The molecule has 0 aromatic carbocycles. The molecule has 1 amide bonds. The summed E-state index contributed by atoms with van der Waals surface area (Å²) in [6, 6.07) is 0. The number of ether oxygens (including phenoxy) is 1. The van der Waals surface area contributed by atoms with Gasteiger partial charge in [-0.2, -0.15) is 5.10 Å². The van der Waals surface area contributed by atoms with E-state index in [1.165, 1.54) is 0 Å². The summed E-state index contributed by atoms with van der Waals surface area (Å²) in [7, 11) is 1.58. The van der Waals surface area contributed by atoms with Gasteiger partial charge in [-0.15, -0.1) is 0 Å². The highest BCUT2D eigenvalue weighted by atomic mass is 16.5. The molecule has 27 heavy (non-hydrogen) atoms. The van der Waals surface area contributed by atoms with Crippen LogP contribution in [-0.2, 0) is 0 Å². The molecule has 1 aliphatic heterocycles. The van der Waals surface area contributed by atoms with Gasteiger partial charge in [0.2, 0.25) is 0 Å². The van der Waals surface area contributed by atoms with Gasteiger partial charge in [0.05, 0.1) is 13.3 Å². The number of amides is 1. The van der Waals surface area contributed by atoms with E-state index in [1.54, 1.807) is 36.4 Å². The van der Waals surface area contributed by atoms with E-state index in [9.17, 15) is 4.79 Å². The van der Waals surface area contributed by atoms with Gasteiger partial charge >= 0.3 is 0 Å². The molecule has 0 spiro atoms. The first-order valence-electron chi connectivity index (χ1n) is 8.86. The number of anilines is 1. The van der Waals surface area contributed by atoms with Gasteiger partial charge in [-0.05, 0) is 18.9 Å². The molecule has 0 aliphatic carbocycles. The van der Waals surface area contributed by atoms with Crippen molar-refractivity contribution in [3.8, 4) is 5.88 Å². The molecule has 0 saturated carbocycles. The maximum absolute atomic E-state index is 13.0. The molecule has 3 aromatic rings. The third kappa shape index (κ3) is 3.27. The van der Waals surface area contributed by atoms with Crippen LogP contribution in [0.1, 0.15) is 22.3 Å². The van der Waals surface area contributed by atoms with E-state index < -0.39 is 0 Å². The second-order valence-corrected chi connectivity index (χ2v) is 6.48. The molecule has 0 atom stereocenters. The van der Waals surface area contributed by atoms with Crippen LogP contribution in [0, 0.1) is 6.92 Å². The fourth-order valence-electron chi connectivity index (χ4n) is 3.30. The number of hydrogen-bond acceptors (Lipinski definition) is 7. The van der Waals surface area contributed by atoms with Crippen molar-refractivity contribution in [2.45, 2.75) is 13.3 Å². The molecular weight excluding hydrogens is 346 g/mol. The van der Waals surface area contributed by atoms with Crippen LogP contribution in [0.4, 0.5) is 5.82 Å². The van der Waals surface area contributed by atoms with Gasteiger partial charge in [-0.3, -0.25) is 4.79 Å². The lowest BCUT2D eigenvalue weighted by Crippen LogP contribution is -2.35. The van der Waals surface area contributed by atoms with Crippen molar-refractivity contribution in [3.05, 3.63) is 42.1 Å². The topological polar surface area (TPSA) is 88.8 Å². The van der Waals surface area contributed by atoms with Crippen molar-refractivity contribution in [1.29, 1.82) is 0 Å². The molecule has 0 radical (unpaired) electrons. The van der Waals surface area contributed by atoms with Gasteiger partial charge in [-0.25, -0.2) is 19.5 Å². The predicted molar refractivity (Wildman–Crippen MR) is 99.0 cm³/mol. The standard InChI is InChI=1S/C18H21N7O2/c1-13-10-21-15-14(11-22-25(15)12-13)18(26)24-7-3-6-23(8-9-24)16-17(27-2)20-5-4-19-16/h4-5,10-12H,3,6-9H2,1-2H3. The van der Waals surface area contributed by atoms with Crippen LogP contribution in [0.2, 0.25) is 0 Å². The Kier molecular flexibility index (Phi) is 4.57. The summed E-state index contributed by atoms with van der Waals surface area (Å²) in [5.74, 6) is 1.16. The number of hydrogen-bond donors (Lipinski definition) is 0. The molecule has 0 bridgehead atoms. The Balaban J connectivity index is 1.53. The quantitative estimate of drug-likeness (QED) is 0.687. The largest absolute Gasteiger partial charge is 0.478 e. The first-order valence-corrected chi connectivity index (χ1v) is 8.86. The maximum Gasteiger partial charge on any atom is 0.259 e. The highest BCUT2D eigenvalue weighted by Crippen LogP contribution is 2.23. The number of carbonyl (C=O) groups excluding carboxylic acids is 1. The molecule has 9 heteroatoms. The minimum Gasteiger partial charge on any atom is -0.478 e. The summed E-state index contributed by atoms with van der Waals surface area (Å²) in [4.78, 5) is 30.0. The lowest BCUT2D eigenvalue weighted by molar-refractivity contribution is 0.0768. The normalized spacial score (nSPS) is 15.0. The third-order valence-corrected chi connectivity index (χ3v) is 4.64. The number of methoxy groups -OCH3 is 1. The molecule has 9 nitrogen and oxygen atoms in total. The molecule has 3 aromatic heterocycles. The van der Waals surface area contributed by atoms with E-state index in [0.717, 1.165) is 18.5 Å². The molecule has 0 unspecified atom stereocenters. The Labute approximate surface area is 156 Å². The zero-order valence-electron chi connectivity index (χ0n) is 15.4. The SMILES string of the molecule is COc1nccnc1N1CCCN(C(=O)c2cnn3cc(C)cnc23)CC1. The highest BCUT2D eigenvalue weighted by molar-refractivity contribution is 5.99. The van der Waals surface area contributed by atoms with Gasteiger partial charge in [-0.1, -0.05) is 0 Å². The Morgan fingerprint density at radius 3 is 2.78 bits per heavy atom. The summed E-state index contributed by atoms with van der Waals surface area (Å²) in [6.07, 6.45) is 9.30. The Hall–Kier alpha value is -3.23. The molecule has 140 valence electrons. The summed E-state index contributed by atoms with van der Waals surface area (Å²) in [5.41, 5.74) is 2.11. The summed E-state index contributed by atoms with van der Waals surface area (Å²) in [5, 5.41) is 4.27.